The zero-order valence-electron chi connectivity index (χ0n) is 15.0. The zero-order valence-corrected chi connectivity index (χ0v) is 15.0. The first-order chi connectivity index (χ1) is 10.0. The van der Waals surface area contributed by atoms with E-state index in [4.69, 9.17) is 0 Å². The fourth-order valence-corrected chi connectivity index (χ4v) is 5.78. The Bertz CT molecular complexity index is 460. The van der Waals surface area contributed by atoms with Crippen molar-refractivity contribution in [3.05, 3.63) is 24.3 Å². The Morgan fingerprint density at radius 1 is 1.23 bits per heavy atom. The van der Waals surface area contributed by atoms with Crippen molar-refractivity contribution >= 4 is 0 Å². The Balaban J connectivity index is 2.42. The van der Waals surface area contributed by atoms with E-state index in [1.165, 1.54) is 12.8 Å². The van der Waals surface area contributed by atoms with Gasteiger partial charge in [-0.3, -0.25) is 0 Å². The minimum absolute atomic E-state index is 0.0130. The van der Waals surface area contributed by atoms with Crippen molar-refractivity contribution in [1.82, 2.24) is 0 Å². The number of aliphatic hydroxyl groups is 2. The summed E-state index contributed by atoms with van der Waals surface area (Å²) in [5, 5.41) is 21.8. The Labute approximate surface area is 136 Å². The van der Waals surface area contributed by atoms with Crippen LogP contribution < -0.4 is 0 Å². The molecule has 0 saturated heterocycles. The van der Waals surface area contributed by atoms with Gasteiger partial charge in [0.1, 0.15) is 0 Å². The second-order valence-electron chi connectivity index (χ2n) is 8.89. The van der Waals surface area contributed by atoms with E-state index in [0.29, 0.717) is 6.42 Å². The maximum atomic E-state index is 11.0. The van der Waals surface area contributed by atoms with Crippen LogP contribution in [0.3, 0.4) is 0 Å². The zero-order chi connectivity index (χ0) is 16.8. The van der Waals surface area contributed by atoms with Crippen LogP contribution in [0, 0.1) is 22.7 Å². The second kappa shape index (κ2) is 5.79. The molecule has 2 rings (SSSR count). The molecule has 2 aliphatic carbocycles. The van der Waals surface area contributed by atoms with Crippen LogP contribution in [0.4, 0.5) is 0 Å². The Hall–Kier alpha value is -0.600. The molecular weight excluding hydrogens is 272 g/mol. The highest BCUT2D eigenvalue weighted by Crippen LogP contribution is 2.62. The molecule has 2 nitrogen and oxygen atoms in total. The standard InChI is InChI=1S/C20H34O2/c1-7-14(2)9-10-16-19(5)12-8-11-18(3,4)17(19)15(21)13-20(16,6)22/h7,9,15-17,21-22H,1,8,10-13H2,2-6H3/t15?,16-,17+,19-,20-/m1/s1. The van der Waals surface area contributed by atoms with Crippen LogP contribution in [0.25, 0.3) is 0 Å². The van der Waals surface area contributed by atoms with Gasteiger partial charge in [0.2, 0.25) is 0 Å². The quantitative estimate of drug-likeness (QED) is 0.755. The lowest BCUT2D eigenvalue weighted by atomic mass is 9.44. The summed E-state index contributed by atoms with van der Waals surface area (Å²) in [5.41, 5.74) is 0.479. The maximum Gasteiger partial charge on any atom is 0.0680 e. The van der Waals surface area contributed by atoms with Gasteiger partial charge in [0.05, 0.1) is 11.7 Å². The van der Waals surface area contributed by atoms with E-state index in [1.807, 2.05) is 13.0 Å². The average molecular weight is 306 g/mol. The van der Waals surface area contributed by atoms with Gasteiger partial charge in [-0.2, -0.15) is 0 Å². The Morgan fingerprint density at radius 2 is 1.86 bits per heavy atom. The number of allylic oxidation sites excluding steroid dienone is 3. The molecule has 1 unspecified atom stereocenters. The van der Waals surface area contributed by atoms with Crippen LogP contribution in [0.5, 0.6) is 0 Å². The second-order valence-corrected chi connectivity index (χ2v) is 8.89. The van der Waals surface area contributed by atoms with Crippen LogP contribution >= 0.6 is 0 Å². The van der Waals surface area contributed by atoms with Crippen molar-refractivity contribution in [1.29, 1.82) is 0 Å². The summed E-state index contributed by atoms with van der Waals surface area (Å²) in [6.07, 6.45) is 8.47. The van der Waals surface area contributed by atoms with Crippen LogP contribution in [0.1, 0.15) is 66.7 Å². The van der Waals surface area contributed by atoms with Gasteiger partial charge in [-0.1, -0.05) is 51.5 Å². The van der Waals surface area contributed by atoms with E-state index in [-0.39, 0.29) is 22.7 Å². The lowest BCUT2D eigenvalue weighted by molar-refractivity contribution is -0.211. The van der Waals surface area contributed by atoms with Crippen molar-refractivity contribution in [3.63, 3.8) is 0 Å². The van der Waals surface area contributed by atoms with Gasteiger partial charge in [-0.15, -0.1) is 0 Å². The molecular formula is C20H34O2. The molecule has 0 bridgehead atoms. The summed E-state index contributed by atoms with van der Waals surface area (Å²) in [4.78, 5) is 0. The molecule has 2 fully saturated rings. The molecule has 2 aliphatic rings. The Kier molecular flexibility index (Phi) is 4.68. The van der Waals surface area contributed by atoms with Gasteiger partial charge in [0.25, 0.3) is 0 Å². The average Bonchev–Trinajstić information content (AvgIpc) is 2.34. The summed E-state index contributed by atoms with van der Waals surface area (Å²) in [6, 6.07) is 0. The predicted molar refractivity (Wildman–Crippen MR) is 92.5 cm³/mol. The van der Waals surface area contributed by atoms with Gasteiger partial charge in [-0.05, 0) is 55.8 Å². The largest absolute Gasteiger partial charge is 0.393 e. The molecule has 0 aromatic rings. The van der Waals surface area contributed by atoms with Gasteiger partial charge in [0, 0.05) is 6.42 Å². The third-order valence-electron chi connectivity index (χ3n) is 6.64. The number of hydrogen-bond donors (Lipinski definition) is 2. The molecule has 0 amide bonds. The topological polar surface area (TPSA) is 40.5 Å². The predicted octanol–water partition coefficient (Wildman–Crippen LogP) is 4.47. The van der Waals surface area contributed by atoms with E-state index >= 15 is 0 Å². The van der Waals surface area contributed by atoms with Gasteiger partial charge in [0.15, 0.2) is 0 Å². The minimum atomic E-state index is -0.809. The molecule has 126 valence electrons. The molecule has 22 heavy (non-hydrogen) atoms. The first-order valence-corrected chi connectivity index (χ1v) is 8.74. The van der Waals surface area contributed by atoms with Crippen molar-refractivity contribution < 1.29 is 10.2 Å². The fraction of sp³-hybridized carbons (Fsp3) is 0.800. The highest BCUT2D eigenvalue weighted by Gasteiger charge is 2.60. The van der Waals surface area contributed by atoms with E-state index < -0.39 is 11.7 Å². The molecule has 0 heterocycles. The van der Waals surface area contributed by atoms with Crippen LogP contribution in [-0.4, -0.2) is 21.9 Å². The molecule has 2 N–H and O–H groups in total. The summed E-state index contributed by atoms with van der Waals surface area (Å²) in [7, 11) is 0. The third-order valence-corrected chi connectivity index (χ3v) is 6.64. The maximum absolute atomic E-state index is 11.0. The lowest BCUT2D eigenvalue weighted by Gasteiger charge is -2.62. The summed E-state index contributed by atoms with van der Waals surface area (Å²) in [5.74, 6) is 0.444. The molecule has 0 spiro atoms. The molecule has 0 aliphatic heterocycles. The van der Waals surface area contributed by atoms with Gasteiger partial charge < -0.3 is 10.2 Å². The first kappa shape index (κ1) is 17.7. The van der Waals surface area contributed by atoms with Crippen molar-refractivity contribution in [2.45, 2.75) is 78.4 Å². The highest BCUT2D eigenvalue weighted by atomic mass is 16.3. The van der Waals surface area contributed by atoms with Crippen molar-refractivity contribution in [2.24, 2.45) is 22.7 Å². The normalized spacial score (nSPS) is 45.2. The van der Waals surface area contributed by atoms with E-state index in [9.17, 15) is 10.2 Å². The highest BCUT2D eigenvalue weighted by molar-refractivity contribution is 5.16. The minimum Gasteiger partial charge on any atom is -0.393 e. The molecule has 2 heteroatoms. The summed E-state index contributed by atoms with van der Waals surface area (Å²) < 4.78 is 0. The SMILES string of the molecule is C=CC(C)=CC[C@@H]1[C@@]2(C)CCCC(C)(C)[C@@H]2C(O)C[C@@]1(C)O. The van der Waals surface area contributed by atoms with Crippen LogP contribution in [0.15, 0.2) is 24.3 Å². The lowest BCUT2D eigenvalue weighted by Crippen LogP contribution is -2.62. The smallest absolute Gasteiger partial charge is 0.0680 e. The summed E-state index contributed by atoms with van der Waals surface area (Å²) >= 11 is 0. The summed E-state index contributed by atoms with van der Waals surface area (Å²) in [6.45, 7) is 14.7. The fourth-order valence-electron chi connectivity index (χ4n) is 5.78. The van der Waals surface area contributed by atoms with Crippen LogP contribution in [-0.2, 0) is 0 Å². The molecule has 5 atom stereocenters. The van der Waals surface area contributed by atoms with E-state index in [0.717, 1.165) is 18.4 Å². The molecule has 0 radical (unpaired) electrons. The monoisotopic (exact) mass is 306 g/mol. The van der Waals surface area contributed by atoms with Gasteiger partial charge in [-0.25, -0.2) is 0 Å². The molecule has 2 saturated carbocycles. The number of fused-ring (bicyclic) bond motifs is 1. The number of aliphatic hydroxyl groups excluding tert-OH is 1. The molecule has 0 aromatic heterocycles. The Morgan fingerprint density at radius 3 is 2.45 bits per heavy atom. The molecule has 0 aromatic carbocycles. The third kappa shape index (κ3) is 2.92. The number of rotatable bonds is 3. The van der Waals surface area contributed by atoms with Gasteiger partial charge >= 0.3 is 0 Å². The van der Waals surface area contributed by atoms with Crippen molar-refractivity contribution in [3.8, 4) is 0 Å². The number of hydrogen-bond acceptors (Lipinski definition) is 2. The van der Waals surface area contributed by atoms with E-state index in [1.54, 1.807) is 0 Å². The van der Waals surface area contributed by atoms with Crippen molar-refractivity contribution in [2.75, 3.05) is 0 Å². The first-order valence-electron chi connectivity index (χ1n) is 8.74. The van der Waals surface area contributed by atoms with Crippen LogP contribution in [0.2, 0.25) is 0 Å². The van der Waals surface area contributed by atoms with E-state index in [2.05, 4.69) is 40.3 Å².